The summed E-state index contributed by atoms with van der Waals surface area (Å²) in [6, 6.07) is 5.03. The second kappa shape index (κ2) is 6.86. The average Bonchev–Trinajstić information content (AvgIpc) is 2.60. The van der Waals surface area contributed by atoms with Crippen molar-refractivity contribution in [3.63, 3.8) is 0 Å². The van der Waals surface area contributed by atoms with Crippen molar-refractivity contribution in [2.75, 3.05) is 13.2 Å². The van der Waals surface area contributed by atoms with E-state index in [1.165, 1.54) is 10.6 Å². The lowest BCUT2D eigenvalue weighted by atomic mass is 10.1. The fourth-order valence-corrected chi connectivity index (χ4v) is 4.26. The second-order valence-corrected chi connectivity index (χ2v) is 7.80. The van der Waals surface area contributed by atoms with E-state index < -0.39 is 10.0 Å². The van der Waals surface area contributed by atoms with Crippen LogP contribution in [-0.4, -0.2) is 35.8 Å². The number of aryl methyl sites for hydroxylation is 1. The first-order valence-electron chi connectivity index (χ1n) is 8.03. The number of hydrogen-bond acceptors (Lipinski definition) is 5. The maximum Gasteiger partial charge on any atom is 0.243 e. The zero-order valence-electron chi connectivity index (χ0n) is 13.9. The Morgan fingerprint density at radius 2 is 2.17 bits per heavy atom. The van der Waals surface area contributed by atoms with E-state index in [0.717, 1.165) is 29.0 Å². The summed E-state index contributed by atoms with van der Waals surface area (Å²) in [5, 5.41) is 0. The Bertz CT molecular complexity index is 837. The summed E-state index contributed by atoms with van der Waals surface area (Å²) >= 11 is 0. The summed E-state index contributed by atoms with van der Waals surface area (Å²) in [7, 11) is -3.54. The molecule has 0 spiro atoms. The molecule has 0 atom stereocenters. The Hall–Kier alpha value is -1.99. The molecule has 0 radical (unpaired) electrons. The Labute approximate surface area is 142 Å². The number of benzene rings is 1. The molecule has 0 N–H and O–H groups in total. The Kier molecular flexibility index (Phi) is 4.82. The zero-order chi connectivity index (χ0) is 17.2. The van der Waals surface area contributed by atoms with E-state index in [0.29, 0.717) is 31.0 Å². The molecule has 0 amide bonds. The van der Waals surface area contributed by atoms with Gasteiger partial charge in [-0.15, -0.1) is 0 Å². The predicted octanol–water partition coefficient (Wildman–Crippen LogP) is 2.32. The van der Waals surface area contributed by atoms with Crippen LogP contribution in [0.5, 0.6) is 5.75 Å². The van der Waals surface area contributed by atoms with Gasteiger partial charge in [0, 0.05) is 37.0 Å². The molecular weight excluding hydrogens is 326 g/mol. The molecule has 128 valence electrons. The number of rotatable bonds is 5. The van der Waals surface area contributed by atoms with Crippen molar-refractivity contribution in [2.24, 2.45) is 0 Å². The average molecular weight is 347 g/mol. The van der Waals surface area contributed by atoms with Crippen molar-refractivity contribution in [3.8, 4) is 5.75 Å². The van der Waals surface area contributed by atoms with Crippen LogP contribution in [-0.2, 0) is 23.0 Å². The predicted molar refractivity (Wildman–Crippen MR) is 90.3 cm³/mol. The van der Waals surface area contributed by atoms with Crippen molar-refractivity contribution in [1.82, 2.24) is 14.3 Å². The molecule has 0 bridgehead atoms. The number of fused-ring (bicyclic) bond motifs is 1. The van der Waals surface area contributed by atoms with E-state index in [1.54, 1.807) is 24.4 Å². The Balaban J connectivity index is 1.85. The number of nitrogens with zero attached hydrogens (tertiary/aromatic N) is 3. The summed E-state index contributed by atoms with van der Waals surface area (Å²) < 4.78 is 32.9. The topological polar surface area (TPSA) is 72.4 Å². The highest BCUT2D eigenvalue weighted by Gasteiger charge is 2.29. The van der Waals surface area contributed by atoms with Crippen LogP contribution in [0.3, 0.4) is 0 Å². The first kappa shape index (κ1) is 16.9. The minimum Gasteiger partial charge on any atom is -0.493 e. The smallest absolute Gasteiger partial charge is 0.243 e. The van der Waals surface area contributed by atoms with Gasteiger partial charge in [-0.3, -0.25) is 0 Å². The molecule has 1 aromatic carbocycles. The fourth-order valence-electron chi connectivity index (χ4n) is 2.75. The molecule has 6 nitrogen and oxygen atoms in total. The lowest BCUT2D eigenvalue weighted by Crippen LogP contribution is -2.36. The van der Waals surface area contributed by atoms with Crippen molar-refractivity contribution >= 4 is 10.0 Å². The van der Waals surface area contributed by atoms with Gasteiger partial charge in [0.25, 0.3) is 0 Å². The molecule has 24 heavy (non-hydrogen) atoms. The summed E-state index contributed by atoms with van der Waals surface area (Å²) in [6.07, 6.45) is 4.71. The van der Waals surface area contributed by atoms with Gasteiger partial charge >= 0.3 is 0 Å². The quantitative estimate of drug-likeness (QED) is 0.830. The molecule has 1 aromatic heterocycles. The maximum absolute atomic E-state index is 12.9. The summed E-state index contributed by atoms with van der Waals surface area (Å²) in [6.45, 7) is 5.26. The first-order chi connectivity index (χ1) is 11.5. The van der Waals surface area contributed by atoms with Gasteiger partial charge in [0.05, 0.1) is 11.5 Å². The molecule has 0 unspecified atom stereocenters. The van der Waals surface area contributed by atoms with Crippen molar-refractivity contribution in [3.05, 3.63) is 47.5 Å². The molecule has 0 aliphatic carbocycles. The third-order valence-electron chi connectivity index (χ3n) is 4.07. The lowest BCUT2D eigenvalue weighted by molar-refractivity contribution is 0.315. The van der Waals surface area contributed by atoms with Gasteiger partial charge in [-0.2, -0.15) is 4.31 Å². The van der Waals surface area contributed by atoms with Crippen LogP contribution in [0.25, 0.3) is 0 Å². The van der Waals surface area contributed by atoms with Gasteiger partial charge in [0.2, 0.25) is 10.0 Å². The SMILES string of the molecule is CCCOc1ccc(S(=O)(=O)N2CCc3ncncc3C2)cc1C. The lowest BCUT2D eigenvalue weighted by Gasteiger charge is -2.27. The highest BCUT2D eigenvalue weighted by molar-refractivity contribution is 7.89. The number of aromatic nitrogens is 2. The molecule has 0 saturated carbocycles. The van der Waals surface area contributed by atoms with Crippen LogP contribution in [0, 0.1) is 6.92 Å². The van der Waals surface area contributed by atoms with Gasteiger partial charge in [0.15, 0.2) is 0 Å². The van der Waals surface area contributed by atoms with E-state index in [9.17, 15) is 8.42 Å². The standard InChI is InChI=1S/C17H21N3O3S/c1-3-8-23-17-5-4-15(9-13(17)2)24(21,22)20-7-6-16-14(11-20)10-18-12-19-16/h4-5,9-10,12H,3,6-8,11H2,1-2H3. The van der Waals surface area contributed by atoms with Crippen molar-refractivity contribution < 1.29 is 13.2 Å². The number of sulfonamides is 1. The van der Waals surface area contributed by atoms with Gasteiger partial charge in [-0.1, -0.05) is 6.92 Å². The van der Waals surface area contributed by atoms with E-state index in [-0.39, 0.29) is 0 Å². The third kappa shape index (κ3) is 3.27. The van der Waals surface area contributed by atoms with Crippen LogP contribution in [0.1, 0.15) is 30.2 Å². The van der Waals surface area contributed by atoms with E-state index in [4.69, 9.17) is 4.74 Å². The minimum absolute atomic E-state index is 0.296. The molecular formula is C17H21N3O3S. The monoisotopic (exact) mass is 347 g/mol. The van der Waals surface area contributed by atoms with Gasteiger partial charge in [-0.25, -0.2) is 18.4 Å². The Morgan fingerprint density at radius 3 is 2.92 bits per heavy atom. The zero-order valence-corrected chi connectivity index (χ0v) is 14.7. The first-order valence-corrected chi connectivity index (χ1v) is 9.47. The van der Waals surface area contributed by atoms with E-state index in [2.05, 4.69) is 9.97 Å². The number of ether oxygens (including phenoxy) is 1. The molecule has 1 aliphatic rings. The largest absolute Gasteiger partial charge is 0.493 e. The Morgan fingerprint density at radius 1 is 1.33 bits per heavy atom. The molecule has 0 saturated heterocycles. The highest BCUT2D eigenvalue weighted by atomic mass is 32.2. The molecule has 2 heterocycles. The van der Waals surface area contributed by atoms with E-state index in [1.807, 2.05) is 13.8 Å². The minimum atomic E-state index is -3.54. The van der Waals surface area contributed by atoms with Crippen LogP contribution >= 0.6 is 0 Å². The van der Waals surface area contributed by atoms with Gasteiger partial charge in [-0.05, 0) is 37.1 Å². The van der Waals surface area contributed by atoms with E-state index >= 15 is 0 Å². The maximum atomic E-state index is 12.9. The fraction of sp³-hybridized carbons (Fsp3) is 0.412. The van der Waals surface area contributed by atoms with Crippen molar-refractivity contribution in [2.45, 2.75) is 38.1 Å². The van der Waals surface area contributed by atoms with Gasteiger partial charge in [0.1, 0.15) is 12.1 Å². The number of hydrogen-bond donors (Lipinski definition) is 0. The molecule has 0 fully saturated rings. The molecule has 1 aliphatic heterocycles. The third-order valence-corrected chi connectivity index (χ3v) is 5.91. The molecule has 7 heteroatoms. The van der Waals surface area contributed by atoms with Crippen LogP contribution < -0.4 is 4.74 Å². The van der Waals surface area contributed by atoms with Crippen LogP contribution in [0.15, 0.2) is 35.6 Å². The van der Waals surface area contributed by atoms with Crippen LogP contribution in [0.2, 0.25) is 0 Å². The summed E-state index contributed by atoms with van der Waals surface area (Å²) in [5.41, 5.74) is 2.62. The second-order valence-electron chi connectivity index (χ2n) is 5.86. The van der Waals surface area contributed by atoms with Crippen LogP contribution in [0.4, 0.5) is 0 Å². The molecule has 3 rings (SSSR count). The normalized spacial score (nSPS) is 15.1. The van der Waals surface area contributed by atoms with Gasteiger partial charge < -0.3 is 4.74 Å². The molecule has 2 aromatic rings. The van der Waals surface area contributed by atoms with Crippen molar-refractivity contribution in [1.29, 1.82) is 0 Å². The summed E-state index contributed by atoms with van der Waals surface area (Å²) in [4.78, 5) is 8.50. The highest BCUT2D eigenvalue weighted by Crippen LogP contribution is 2.27. The summed E-state index contributed by atoms with van der Waals surface area (Å²) in [5.74, 6) is 0.730.